The topological polar surface area (TPSA) is 44.1 Å². The molecule has 0 saturated carbocycles. The summed E-state index contributed by atoms with van der Waals surface area (Å²) < 4.78 is 0.842. The van der Waals surface area contributed by atoms with Crippen LogP contribution < -0.4 is 4.90 Å². The highest BCUT2D eigenvalue weighted by molar-refractivity contribution is 9.10. The first-order chi connectivity index (χ1) is 7.63. The number of hydrogen-bond acceptors (Lipinski definition) is 2. The Bertz CT molecular complexity index is 481. The number of rotatable bonds is 1. The summed E-state index contributed by atoms with van der Waals surface area (Å²) in [5.74, 6) is 0.0267. The van der Waals surface area contributed by atoms with Crippen molar-refractivity contribution in [2.75, 3.05) is 11.4 Å². The first-order valence-corrected chi connectivity index (χ1v) is 6.49. The lowest BCUT2D eigenvalue weighted by Gasteiger charge is -2.17. The van der Waals surface area contributed by atoms with Crippen molar-refractivity contribution in [3.8, 4) is 6.07 Å². The van der Waals surface area contributed by atoms with Crippen molar-refractivity contribution in [2.24, 2.45) is 0 Å². The molecule has 1 aromatic rings. The Kier molecular flexibility index (Phi) is 3.31. The summed E-state index contributed by atoms with van der Waals surface area (Å²) in [5, 5.41) is 9.03. The summed E-state index contributed by atoms with van der Waals surface area (Å²) in [7, 11) is 0. The normalized spacial score (nSPS) is 19.9. The van der Waals surface area contributed by atoms with Crippen molar-refractivity contribution in [1.82, 2.24) is 0 Å². The number of halogens is 2. The number of carbonyl (C=O) groups is 1. The van der Waals surface area contributed by atoms with Gasteiger partial charge in [-0.3, -0.25) is 4.79 Å². The largest absolute Gasteiger partial charge is 0.310 e. The van der Waals surface area contributed by atoms with Crippen LogP contribution in [-0.2, 0) is 4.79 Å². The second kappa shape index (κ2) is 4.56. The van der Waals surface area contributed by atoms with Crippen LogP contribution in [0.3, 0.4) is 0 Å². The van der Waals surface area contributed by atoms with Gasteiger partial charge in [0, 0.05) is 11.0 Å². The highest BCUT2D eigenvalue weighted by Crippen LogP contribution is 2.29. The fourth-order valence-electron chi connectivity index (χ4n) is 1.72. The minimum atomic E-state index is -0.123. The van der Waals surface area contributed by atoms with E-state index in [0.717, 1.165) is 10.9 Å². The average Bonchev–Trinajstić information content (AvgIpc) is 2.60. The molecule has 5 heteroatoms. The fraction of sp³-hybridized carbons (Fsp3) is 0.273. The van der Waals surface area contributed by atoms with E-state index in [9.17, 15) is 4.79 Å². The minimum Gasteiger partial charge on any atom is -0.310 e. The van der Waals surface area contributed by atoms with Crippen molar-refractivity contribution >= 4 is 43.5 Å². The molecule has 0 aliphatic carbocycles. The van der Waals surface area contributed by atoms with Crippen molar-refractivity contribution in [3.63, 3.8) is 0 Å². The lowest BCUT2D eigenvalue weighted by Crippen LogP contribution is -2.27. The number of carbonyl (C=O) groups excluding carboxylic acids is 1. The number of nitriles is 1. The lowest BCUT2D eigenvalue weighted by atomic mass is 10.2. The molecule has 0 radical (unpaired) electrons. The van der Waals surface area contributed by atoms with Gasteiger partial charge in [0.05, 0.1) is 16.1 Å². The quantitative estimate of drug-likeness (QED) is 0.736. The van der Waals surface area contributed by atoms with Crippen molar-refractivity contribution in [3.05, 3.63) is 28.2 Å². The van der Waals surface area contributed by atoms with Crippen LogP contribution in [0.4, 0.5) is 5.69 Å². The molecule has 1 aromatic carbocycles. The summed E-state index contributed by atoms with van der Waals surface area (Å²) in [6, 6.07) is 7.47. The summed E-state index contributed by atoms with van der Waals surface area (Å²) in [5.41, 5.74) is 1.21. The minimum absolute atomic E-state index is 0.0267. The first-order valence-electron chi connectivity index (χ1n) is 4.78. The van der Waals surface area contributed by atoms with E-state index in [4.69, 9.17) is 5.26 Å². The van der Waals surface area contributed by atoms with Crippen molar-refractivity contribution in [1.29, 1.82) is 5.26 Å². The molecule has 16 heavy (non-hydrogen) atoms. The first kappa shape index (κ1) is 11.6. The van der Waals surface area contributed by atoms with Gasteiger partial charge >= 0.3 is 0 Å². The van der Waals surface area contributed by atoms with Crippen LogP contribution >= 0.6 is 31.9 Å². The molecule has 1 amide bonds. The van der Waals surface area contributed by atoms with Gasteiger partial charge in [-0.25, -0.2) is 0 Å². The third kappa shape index (κ3) is 2.00. The molecule has 1 unspecified atom stereocenters. The van der Waals surface area contributed by atoms with E-state index in [1.165, 1.54) is 0 Å². The Morgan fingerprint density at radius 3 is 2.81 bits per heavy atom. The highest BCUT2D eigenvalue weighted by atomic mass is 79.9. The second-order valence-electron chi connectivity index (χ2n) is 3.52. The maximum absolute atomic E-state index is 11.8. The van der Waals surface area contributed by atoms with E-state index in [2.05, 4.69) is 37.9 Å². The van der Waals surface area contributed by atoms with Crippen LogP contribution in [0.5, 0.6) is 0 Å². The molecular formula is C11H8Br2N2O. The SMILES string of the molecule is N#Cc1cc(Br)ccc1N1CCC(Br)C1=O. The molecule has 1 aliphatic rings. The van der Waals surface area contributed by atoms with Gasteiger partial charge in [0.2, 0.25) is 5.91 Å². The molecule has 1 atom stereocenters. The van der Waals surface area contributed by atoms with Gasteiger partial charge in [-0.05, 0) is 24.6 Å². The third-order valence-electron chi connectivity index (χ3n) is 2.51. The zero-order valence-electron chi connectivity index (χ0n) is 8.28. The number of amides is 1. The van der Waals surface area contributed by atoms with E-state index in [0.29, 0.717) is 17.8 Å². The predicted octanol–water partition coefficient (Wildman–Crippen LogP) is 2.82. The molecule has 0 bridgehead atoms. The predicted molar refractivity (Wildman–Crippen MR) is 68.5 cm³/mol. The Morgan fingerprint density at radius 1 is 1.50 bits per heavy atom. The van der Waals surface area contributed by atoms with Crippen molar-refractivity contribution < 1.29 is 4.79 Å². The molecule has 1 aliphatic heterocycles. The molecule has 1 fully saturated rings. The maximum atomic E-state index is 11.8. The van der Waals surface area contributed by atoms with Gasteiger partial charge in [-0.15, -0.1) is 0 Å². The van der Waals surface area contributed by atoms with E-state index in [1.54, 1.807) is 17.0 Å². The molecule has 0 aromatic heterocycles. The average molecular weight is 344 g/mol. The van der Waals surface area contributed by atoms with E-state index in [1.807, 2.05) is 6.07 Å². The number of nitrogens with zero attached hydrogens (tertiary/aromatic N) is 2. The zero-order valence-corrected chi connectivity index (χ0v) is 11.5. The number of alkyl halides is 1. The van der Waals surface area contributed by atoms with Gasteiger partial charge in [0.1, 0.15) is 6.07 Å². The van der Waals surface area contributed by atoms with E-state index in [-0.39, 0.29) is 10.7 Å². The van der Waals surface area contributed by atoms with Gasteiger partial charge in [0.15, 0.2) is 0 Å². The molecular weight excluding hydrogens is 336 g/mol. The van der Waals surface area contributed by atoms with Gasteiger partial charge in [-0.2, -0.15) is 5.26 Å². The molecule has 3 nitrogen and oxygen atoms in total. The van der Waals surface area contributed by atoms with Crippen LogP contribution in [0.2, 0.25) is 0 Å². The summed E-state index contributed by atoms with van der Waals surface area (Å²) in [4.78, 5) is 13.4. The van der Waals surface area contributed by atoms with Crippen LogP contribution in [0, 0.1) is 11.3 Å². The Balaban J connectivity index is 2.42. The summed E-state index contributed by atoms with van der Waals surface area (Å²) in [6.07, 6.45) is 0.778. The fourth-order valence-corrected chi connectivity index (χ4v) is 2.53. The van der Waals surface area contributed by atoms with Crippen LogP contribution in [0.15, 0.2) is 22.7 Å². The van der Waals surface area contributed by atoms with Crippen LogP contribution in [0.25, 0.3) is 0 Å². The lowest BCUT2D eigenvalue weighted by molar-refractivity contribution is -0.116. The van der Waals surface area contributed by atoms with Gasteiger partial charge < -0.3 is 4.90 Å². The number of hydrogen-bond donors (Lipinski definition) is 0. The Morgan fingerprint density at radius 2 is 2.25 bits per heavy atom. The Hall–Kier alpha value is -0.860. The molecule has 0 spiro atoms. The van der Waals surface area contributed by atoms with Gasteiger partial charge in [0.25, 0.3) is 0 Å². The maximum Gasteiger partial charge on any atom is 0.240 e. The summed E-state index contributed by atoms with van der Waals surface area (Å²) in [6.45, 7) is 0.658. The van der Waals surface area contributed by atoms with Crippen LogP contribution in [-0.4, -0.2) is 17.3 Å². The van der Waals surface area contributed by atoms with E-state index < -0.39 is 0 Å². The van der Waals surface area contributed by atoms with Gasteiger partial charge in [-0.1, -0.05) is 31.9 Å². The zero-order chi connectivity index (χ0) is 11.7. The smallest absolute Gasteiger partial charge is 0.240 e. The molecule has 2 rings (SSSR count). The summed E-state index contributed by atoms with van der Waals surface area (Å²) >= 11 is 6.63. The standard InChI is InChI=1S/C11H8Br2N2O/c12-8-1-2-10(7(5-8)6-14)15-4-3-9(13)11(15)16/h1-2,5,9H,3-4H2. The Labute approximate surface area is 110 Å². The molecule has 82 valence electrons. The number of anilines is 1. The second-order valence-corrected chi connectivity index (χ2v) is 5.54. The molecule has 0 N–H and O–H groups in total. The van der Waals surface area contributed by atoms with Crippen LogP contribution in [0.1, 0.15) is 12.0 Å². The highest BCUT2D eigenvalue weighted by Gasteiger charge is 2.31. The van der Waals surface area contributed by atoms with E-state index >= 15 is 0 Å². The monoisotopic (exact) mass is 342 g/mol. The molecule has 1 heterocycles. The number of benzene rings is 1. The van der Waals surface area contributed by atoms with Crippen molar-refractivity contribution in [2.45, 2.75) is 11.2 Å². The third-order valence-corrected chi connectivity index (χ3v) is 3.85. The molecule has 1 saturated heterocycles.